The Morgan fingerprint density at radius 1 is 1.18 bits per heavy atom. The number of fused-ring (bicyclic) bond motifs is 1. The van der Waals surface area contributed by atoms with E-state index < -0.39 is 0 Å². The number of H-pyrrole nitrogens is 1. The Morgan fingerprint density at radius 2 is 1.93 bits per heavy atom. The van der Waals surface area contributed by atoms with E-state index in [1.807, 2.05) is 0 Å². The van der Waals surface area contributed by atoms with Gasteiger partial charge in [-0.3, -0.25) is 18.7 Å². The Bertz CT molecular complexity index is 1110. The number of likely N-dealkylation sites (tertiary alicyclic amines) is 1. The van der Waals surface area contributed by atoms with Crippen LogP contribution in [0.1, 0.15) is 23.3 Å². The zero-order valence-corrected chi connectivity index (χ0v) is 16.0. The smallest absolute Gasteiger partial charge is 0.332 e. The minimum Gasteiger partial charge on any atom is -0.342 e. The quantitative estimate of drug-likeness (QED) is 0.607. The molecule has 1 N–H and O–H groups in total. The summed E-state index contributed by atoms with van der Waals surface area (Å²) < 4.78 is 4.30. The monoisotopic (exact) mass is 385 g/mol. The van der Waals surface area contributed by atoms with Crippen molar-refractivity contribution in [1.29, 1.82) is 0 Å². The first-order valence-corrected chi connectivity index (χ1v) is 9.33. The number of carbonyl (C=O) groups is 1. The number of nitrogens with one attached hydrogen (secondary N) is 1. The summed E-state index contributed by atoms with van der Waals surface area (Å²) >= 11 is 0. The van der Waals surface area contributed by atoms with Crippen molar-refractivity contribution in [3.05, 3.63) is 45.4 Å². The molecule has 0 aromatic carbocycles. The van der Waals surface area contributed by atoms with Crippen LogP contribution in [-0.4, -0.2) is 59.0 Å². The van der Waals surface area contributed by atoms with Gasteiger partial charge in [-0.05, 0) is 25.9 Å². The normalized spacial score (nSPS) is 16.1. The standard InChI is InChI=1S/C18H23N7O3/c1-22-16-14(17(27)23(2)18(22)28)25(11-21-16)8-7-24-5-3-12(4-6-24)15(26)13-9-19-10-20-13/h9-12H,3-8H2,1-2H3,(H,19,20). The maximum atomic E-state index is 12.5. The number of hydrogen-bond acceptors (Lipinski definition) is 6. The Labute approximate surface area is 160 Å². The highest BCUT2D eigenvalue weighted by atomic mass is 16.2. The number of aryl methyl sites for hydroxylation is 1. The molecular formula is C18H23N7O3. The van der Waals surface area contributed by atoms with Gasteiger partial charge in [0.2, 0.25) is 0 Å². The molecule has 4 rings (SSSR count). The zero-order valence-electron chi connectivity index (χ0n) is 16.0. The van der Waals surface area contributed by atoms with Crippen molar-refractivity contribution >= 4 is 16.9 Å². The molecule has 0 amide bonds. The van der Waals surface area contributed by atoms with Gasteiger partial charge in [0.25, 0.3) is 5.56 Å². The minimum atomic E-state index is -0.383. The van der Waals surface area contributed by atoms with E-state index in [1.54, 1.807) is 24.1 Å². The summed E-state index contributed by atoms with van der Waals surface area (Å²) in [5.74, 6) is 0.148. The van der Waals surface area contributed by atoms with Gasteiger partial charge in [-0.25, -0.2) is 14.8 Å². The largest absolute Gasteiger partial charge is 0.342 e. The lowest BCUT2D eigenvalue weighted by Gasteiger charge is -2.31. The molecule has 0 spiro atoms. The van der Waals surface area contributed by atoms with Crippen molar-refractivity contribution in [2.45, 2.75) is 19.4 Å². The summed E-state index contributed by atoms with van der Waals surface area (Å²) in [7, 11) is 3.09. The molecule has 1 saturated heterocycles. The van der Waals surface area contributed by atoms with Crippen molar-refractivity contribution in [2.24, 2.45) is 20.0 Å². The average molecular weight is 385 g/mol. The summed E-state index contributed by atoms with van der Waals surface area (Å²) in [5.41, 5.74) is 0.696. The van der Waals surface area contributed by atoms with Crippen molar-refractivity contribution in [2.75, 3.05) is 19.6 Å². The van der Waals surface area contributed by atoms with Crippen LogP contribution in [0.15, 0.2) is 28.4 Å². The lowest BCUT2D eigenvalue weighted by Crippen LogP contribution is -2.39. The third-order valence-electron chi connectivity index (χ3n) is 5.60. The highest BCUT2D eigenvalue weighted by Gasteiger charge is 2.26. The van der Waals surface area contributed by atoms with Gasteiger partial charge in [-0.15, -0.1) is 0 Å². The van der Waals surface area contributed by atoms with E-state index in [-0.39, 0.29) is 23.0 Å². The van der Waals surface area contributed by atoms with Crippen LogP contribution in [0.3, 0.4) is 0 Å². The Hall–Kier alpha value is -3.01. The van der Waals surface area contributed by atoms with Crippen molar-refractivity contribution in [3.63, 3.8) is 0 Å². The van der Waals surface area contributed by atoms with E-state index in [0.717, 1.165) is 37.0 Å². The Balaban J connectivity index is 1.42. The molecule has 0 saturated carbocycles. The van der Waals surface area contributed by atoms with Crippen LogP contribution < -0.4 is 11.2 Å². The third-order valence-corrected chi connectivity index (χ3v) is 5.60. The summed E-state index contributed by atoms with van der Waals surface area (Å²) in [6, 6.07) is 0. The van der Waals surface area contributed by atoms with Crippen LogP contribution in [0.2, 0.25) is 0 Å². The molecule has 1 fully saturated rings. The molecule has 1 aliphatic heterocycles. The van der Waals surface area contributed by atoms with Gasteiger partial charge in [0.1, 0.15) is 5.69 Å². The minimum absolute atomic E-state index is 0.0209. The van der Waals surface area contributed by atoms with Gasteiger partial charge in [0, 0.05) is 33.1 Å². The van der Waals surface area contributed by atoms with E-state index >= 15 is 0 Å². The fraction of sp³-hybridized carbons (Fsp3) is 0.500. The van der Waals surface area contributed by atoms with Crippen LogP contribution in [0, 0.1) is 5.92 Å². The SMILES string of the molecule is Cn1c(=O)c2c(ncn2CCN2CCC(C(=O)c3cnc[nH]3)CC2)n(C)c1=O. The summed E-state index contributed by atoms with van der Waals surface area (Å²) in [5, 5.41) is 0. The second-order valence-electron chi connectivity index (χ2n) is 7.26. The van der Waals surface area contributed by atoms with Crippen LogP contribution in [0.5, 0.6) is 0 Å². The van der Waals surface area contributed by atoms with Crippen LogP contribution >= 0.6 is 0 Å². The molecule has 0 radical (unpaired) electrons. The van der Waals surface area contributed by atoms with Gasteiger partial charge in [-0.1, -0.05) is 0 Å². The van der Waals surface area contributed by atoms with Gasteiger partial charge < -0.3 is 14.5 Å². The highest BCUT2D eigenvalue weighted by molar-refractivity contribution is 5.95. The number of rotatable bonds is 5. The van der Waals surface area contributed by atoms with E-state index in [2.05, 4.69) is 19.9 Å². The third kappa shape index (κ3) is 3.09. The van der Waals surface area contributed by atoms with Crippen molar-refractivity contribution in [3.8, 4) is 0 Å². The molecular weight excluding hydrogens is 362 g/mol. The molecule has 28 heavy (non-hydrogen) atoms. The number of piperidine rings is 1. The fourth-order valence-corrected chi connectivity index (χ4v) is 3.84. The molecule has 0 bridgehead atoms. The number of nitrogens with zero attached hydrogens (tertiary/aromatic N) is 6. The number of hydrogen-bond donors (Lipinski definition) is 1. The maximum absolute atomic E-state index is 12.5. The second kappa shape index (κ2) is 7.19. The van der Waals surface area contributed by atoms with E-state index in [0.29, 0.717) is 23.4 Å². The number of ketones is 1. The molecule has 3 aromatic rings. The molecule has 148 valence electrons. The summed E-state index contributed by atoms with van der Waals surface area (Å²) in [4.78, 5) is 50.3. The predicted octanol–water partition coefficient (Wildman–Crippen LogP) is -0.248. The lowest BCUT2D eigenvalue weighted by molar-refractivity contribution is 0.0833. The number of aromatic amines is 1. The van der Waals surface area contributed by atoms with Crippen molar-refractivity contribution < 1.29 is 4.79 Å². The fourth-order valence-electron chi connectivity index (χ4n) is 3.84. The van der Waals surface area contributed by atoms with Gasteiger partial charge in [0.05, 0.1) is 18.9 Å². The zero-order chi connectivity index (χ0) is 19.8. The summed E-state index contributed by atoms with van der Waals surface area (Å²) in [6.07, 6.45) is 6.32. The number of carbonyl (C=O) groups excluding carboxylic acids is 1. The first-order valence-electron chi connectivity index (χ1n) is 9.33. The van der Waals surface area contributed by atoms with Crippen LogP contribution in [0.4, 0.5) is 0 Å². The average Bonchev–Trinajstić information content (AvgIpc) is 3.39. The molecule has 1 aliphatic rings. The first-order chi connectivity index (χ1) is 13.5. The molecule has 3 aromatic heterocycles. The topological polar surface area (TPSA) is 111 Å². The van der Waals surface area contributed by atoms with Crippen LogP contribution in [0.25, 0.3) is 11.2 Å². The number of aromatic nitrogens is 6. The predicted molar refractivity (Wildman–Crippen MR) is 102 cm³/mol. The van der Waals surface area contributed by atoms with Gasteiger partial charge in [-0.2, -0.15) is 0 Å². The Morgan fingerprint density at radius 3 is 2.61 bits per heavy atom. The van der Waals surface area contributed by atoms with Crippen LogP contribution in [-0.2, 0) is 20.6 Å². The molecule has 0 unspecified atom stereocenters. The number of Topliss-reactive ketones (excluding diaryl/α,β-unsaturated/α-hetero) is 1. The highest BCUT2D eigenvalue weighted by Crippen LogP contribution is 2.21. The first kappa shape index (κ1) is 18.4. The van der Waals surface area contributed by atoms with Crippen molar-refractivity contribution in [1.82, 2.24) is 33.6 Å². The Kier molecular flexibility index (Phi) is 4.71. The van der Waals surface area contributed by atoms with E-state index in [9.17, 15) is 14.4 Å². The molecule has 0 atom stereocenters. The molecule has 10 nitrogen and oxygen atoms in total. The van der Waals surface area contributed by atoms with Gasteiger partial charge >= 0.3 is 5.69 Å². The maximum Gasteiger partial charge on any atom is 0.332 e. The molecule has 10 heteroatoms. The lowest BCUT2D eigenvalue weighted by atomic mass is 9.91. The molecule has 0 aliphatic carbocycles. The van der Waals surface area contributed by atoms with Gasteiger partial charge in [0.15, 0.2) is 16.9 Å². The van der Waals surface area contributed by atoms with E-state index in [1.165, 1.54) is 17.9 Å². The number of imidazole rings is 2. The summed E-state index contributed by atoms with van der Waals surface area (Å²) in [6.45, 7) is 3.01. The molecule has 4 heterocycles. The second-order valence-corrected chi connectivity index (χ2v) is 7.26. The van der Waals surface area contributed by atoms with E-state index in [4.69, 9.17) is 0 Å².